The molecule has 1 amide bonds. The van der Waals surface area contributed by atoms with Gasteiger partial charge in [-0.05, 0) is 42.9 Å². The number of ether oxygens (including phenoxy) is 2. The average molecular weight is 376 g/mol. The fourth-order valence-electron chi connectivity index (χ4n) is 2.40. The fourth-order valence-corrected chi connectivity index (χ4v) is 2.40. The van der Waals surface area contributed by atoms with Crippen LogP contribution in [-0.4, -0.2) is 25.5 Å². The standard InChI is InChI=1S/C21H32N2O4/c1-16(2)8-6-4-5-7-9-20(24)23-15-17-10-11-18(19(14-17)26-3)27-21(25)12-13-22/h6,8,10-11,14,16H,4-5,7,9,12-13,15,22H2,1-3H3,(H,23,24)/b8-6+. The summed E-state index contributed by atoms with van der Waals surface area (Å²) in [6, 6.07) is 5.21. The Balaban J connectivity index is 2.41. The van der Waals surface area contributed by atoms with E-state index in [2.05, 4.69) is 31.3 Å². The highest BCUT2D eigenvalue weighted by molar-refractivity contribution is 5.76. The third-order valence-corrected chi connectivity index (χ3v) is 3.84. The summed E-state index contributed by atoms with van der Waals surface area (Å²) in [5.41, 5.74) is 6.21. The zero-order valence-corrected chi connectivity index (χ0v) is 16.6. The lowest BCUT2D eigenvalue weighted by atomic mass is 10.1. The zero-order valence-electron chi connectivity index (χ0n) is 16.6. The van der Waals surface area contributed by atoms with Gasteiger partial charge in [-0.3, -0.25) is 9.59 Å². The molecule has 0 fully saturated rings. The molecule has 1 aromatic carbocycles. The minimum absolute atomic E-state index is 0.0280. The number of allylic oxidation sites excluding steroid dienone is 2. The van der Waals surface area contributed by atoms with Gasteiger partial charge in [-0.2, -0.15) is 0 Å². The van der Waals surface area contributed by atoms with Gasteiger partial charge in [0.1, 0.15) is 0 Å². The van der Waals surface area contributed by atoms with Crippen molar-refractivity contribution >= 4 is 11.9 Å². The Labute approximate surface area is 162 Å². The maximum Gasteiger partial charge on any atom is 0.312 e. The van der Waals surface area contributed by atoms with Gasteiger partial charge in [0, 0.05) is 19.5 Å². The molecule has 27 heavy (non-hydrogen) atoms. The number of hydrogen-bond acceptors (Lipinski definition) is 5. The number of carbonyl (C=O) groups excluding carboxylic acids is 2. The van der Waals surface area contributed by atoms with Gasteiger partial charge in [-0.15, -0.1) is 0 Å². The predicted octanol–water partition coefficient (Wildman–Crippen LogP) is 3.34. The molecule has 0 atom stereocenters. The minimum atomic E-state index is -0.403. The SMILES string of the molecule is COc1cc(CNC(=O)CCCC/C=C/C(C)C)ccc1OC(=O)CCN. The van der Waals surface area contributed by atoms with E-state index in [1.54, 1.807) is 18.2 Å². The molecular formula is C21H32N2O4. The highest BCUT2D eigenvalue weighted by Gasteiger charge is 2.11. The Bertz CT molecular complexity index is 627. The Hall–Kier alpha value is -2.34. The van der Waals surface area contributed by atoms with Crippen LogP contribution < -0.4 is 20.5 Å². The van der Waals surface area contributed by atoms with Crippen LogP contribution in [0.4, 0.5) is 0 Å². The number of esters is 1. The molecule has 1 aromatic rings. The molecule has 3 N–H and O–H groups in total. The summed E-state index contributed by atoms with van der Waals surface area (Å²) in [5, 5.41) is 2.90. The van der Waals surface area contributed by atoms with Gasteiger partial charge in [0.25, 0.3) is 0 Å². The van der Waals surface area contributed by atoms with Crippen molar-refractivity contribution in [2.45, 2.75) is 52.5 Å². The van der Waals surface area contributed by atoms with Crippen molar-refractivity contribution in [3.8, 4) is 11.5 Å². The molecule has 0 aliphatic rings. The van der Waals surface area contributed by atoms with Gasteiger partial charge < -0.3 is 20.5 Å². The molecule has 6 heteroatoms. The van der Waals surface area contributed by atoms with Crippen LogP contribution in [0, 0.1) is 5.92 Å². The summed E-state index contributed by atoms with van der Waals surface area (Å²) in [4.78, 5) is 23.5. The van der Waals surface area contributed by atoms with E-state index < -0.39 is 5.97 Å². The van der Waals surface area contributed by atoms with Crippen molar-refractivity contribution in [1.29, 1.82) is 0 Å². The maximum atomic E-state index is 12.0. The molecule has 0 heterocycles. The number of benzene rings is 1. The van der Waals surface area contributed by atoms with Crippen LogP contribution >= 0.6 is 0 Å². The zero-order chi connectivity index (χ0) is 20.1. The van der Waals surface area contributed by atoms with Crippen LogP contribution in [0.5, 0.6) is 11.5 Å². The van der Waals surface area contributed by atoms with E-state index in [9.17, 15) is 9.59 Å². The second kappa shape index (κ2) is 12.9. The first-order valence-electron chi connectivity index (χ1n) is 9.47. The molecule has 0 spiro atoms. The minimum Gasteiger partial charge on any atom is -0.493 e. The Morgan fingerprint density at radius 3 is 2.63 bits per heavy atom. The first kappa shape index (κ1) is 22.7. The van der Waals surface area contributed by atoms with E-state index in [-0.39, 0.29) is 18.9 Å². The Morgan fingerprint density at radius 1 is 1.19 bits per heavy atom. The van der Waals surface area contributed by atoms with Crippen LogP contribution in [0.3, 0.4) is 0 Å². The quantitative estimate of drug-likeness (QED) is 0.253. The van der Waals surface area contributed by atoms with E-state index >= 15 is 0 Å². The van der Waals surface area contributed by atoms with Gasteiger partial charge in [-0.25, -0.2) is 0 Å². The number of hydrogen-bond donors (Lipinski definition) is 2. The van der Waals surface area contributed by atoms with Gasteiger partial charge in [0.15, 0.2) is 11.5 Å². The van der Waals surface area contributed by atoms with Crippen molar-refractivity contribution in [3.63, 3.8) is 0 Å². The molecule has 0 saturated carbocycles. The molecular weight excluding hydrogens is 344 g/mol. The second-order valence-corrected chi connectivity index (χ2v) is 6.69. The van der Waals surface area contributed by atoms with Gasteiger partial charge >= 0.3 is 5.97 Å². The van der Waals surface area contributed by atoms with Crippen LogP contribution in [0.2, 0.25) is 0 Å². The van der Waals surface area contributed by atoms with Crippen LogP contribution in [0.25, 0.3) is 0 Å². The first-order chi connectivity index (χ1) is 13.0. The van der Waals surface area contributed by atoms with E-state index in [4.69, 9.17) is 15.2 Å². The second-order valence-electron chi connectivity index (χ2n) is 6.69. The Kier molecular flexibility index (Phi) is 10.9. The topological polar surface area (TPSA) is 90.6 Å². The number of methoxy groups -OCH3 is 1. The number of rotatable bonds is 12. The number of carbonyl (C=O) groups is 2. The molecule has 150 valence electrons. The summed E-state index contributed by atoms with van der Waals surface area (Å²) in [7, 11) is 1.51. The van der Waals surface area contributed by atoms with Crippen molar-refractivity contribution in [3.05, 3.63) is 35.9 Å². The summed E-state index contributed by atoms with van der Waals surface area (Å²) in [6.07, 6.45) is 7.91. The van der Waals surface area contributed by atoms with Crippen LogP contribution in [0.1, 0.15) is 51.5 Å². The molecule has 0 unspecified atom stereocenters. The Morgan fingerprint density at radius 2 is 1.96 bits per heavy atom. The van der Waals surface area contributed by atoms with Crippen molar-refractivity contribution in [1.82, 2.24) is 5.32 Å². The van der Waals surface area contributed by atoms with Gasteiger partial charge in [0.05, 0.1) is 13.5 Å². The van der Waals surface area contributed by atoms with E-state index in [1.807, 2.05) is 0 Å². The molecule has 0 radical (unpaired) electrons. The van der Waals surface area contributed by atoms with Gasteiger partial charge in [-0.1, -0.05) is 32.1 Å². The lowest BCUT2D eigenvalue weighted by Gasteiger charge is -2.11. The van der Waals surface area contributed by atoms with E-state index in [1.165, 1.54) is 7.11 Å². The third-order valence-electron chi connectivity index (χ3n) is 3.84. The highest BCUT2D eigenvalue weighted by atomic mass is 16.6. The summed E-state index contributed by atoms with van der Waals surface area (Å²) < 4.78 is 10.5. The molecule has 0 bridgehead atoms. The van der Waals surface area contributed by atoms with Crippen LogP contribution in [-0.2, 0) is 16.1 Å². The molecule has 0 aliphatic heterocycles. The summed E-state index contributed by atoms with van der Waals surface area (Å²) in [6.45, 7) is 4.93. The van der Waals surface area contributed by atoms with Crippen molar-refractivity contribution in [2.24, 2.45) is 11.7 Å². The number of nitrogens with one attached hydrogen (secondary N) is 1. The molecule has 0 aliphatic carbocycles. The highest BCUT2D eigenvalue weighted by Crippen LogP contribution is 2.28. The van der Waals surface area contributed by atoms with Crippen molar-refractivity contribution in [2.75, 3.05) is 13.7 Å². The number of nitrogens with two attached hydrogens (primary N) is 1. The smallest absolute Gasteiger partial charge is 0.312 e. The number of unbranched alkanes of at least 4 members (excludes halogenated alkanes) is 2. The monoisotopic (exact) mass is 376 g/mol. The molecule has 0 saturated heterocycles. The number of amides is 1. The molecule has 6 nitrogen and oxygen atoms in total. The third kappa shape index (κ3) is 9.80. The molecule has 0 aromatic heterocycles. The van der Waals surface area contributed by atoms with Gasteiger partial charge in [0.2, 0.25) is 5.91 Å². The lowest BCUT2D eigenvalue weighted by molar-refractivity contribution is -0.134. The van der Waals surface area contributed by atoms with Crippen molar-refractivity contribution < 1.29 is 19.1 Å². The normalized spacial score (nSPS) is 11.0. The first-order valence-corrected chi connectivity index (χ1v) is 9.47. The molecule has 1 rings (SSSR count). The average Bonchev–Trinajstić information content (AvgIpc) is 2.63. The van der Waals surface area contributed by atoms with E-state index in [0.29, 0.717) is 30.4 Å². The summed E-state index contributed by atoms with van der Waals surface area (Å²) >= 11 is 0. The largest absolute Gasteiger partial charge is 0.493 e. The van der Waals surface area contributed by atoms with E-state index in [0.717, 1.165) is 24.8 Å². The predicted molar refractivity (Wildman–Crippen MR) is 107 cm³/mol. The maximum absolute atomic E-state index is 12.0. The van der Waals surface area contributed by atoms with Crippen LogP contribution in [0.15, 0.2) is 30.4 Å². The fraction of sp³-hybridized carbons (Fsp3) is 0.524. The lowest BCUT2D eigenvalue weighted by Crippen LogP contribution is -2.22. The summed E-state index contributed by atoms with van der Waals surface area (Å²) in [5.74, 6) is 0.991.